The van der Waals surface area contributed by atoms with E-state index in [2.05, 4.69) is 39.7 Å². The van der Waals surface area contributed by atoms with Gasteiger partial charge in [-0.15, -0.1) is 21.5 Å². The van der Waals surface area contributed by atoms with E-state index in [-0.39, 0.29) is 23.6 Å². The first-order valence-electron chi connectivity index (χ1n) is 12.1. The molecule has 0 radical (unpaired) electrons. The molecule has 2 aromatic heterocycles. The maximum Gasteiger partial charge on any atom is 0.253 e. The first-order valence-corrected chi connectivity index (χ1v) is 14.3. The van der Waals surface area contributed by atoms with Gasteiger partial charge in [-0.05, 0) is 31.4 Å². The summed E-state index contributed by atoms with van der Waals surface area (Å²) in [5.41, 5.74) is 2.29. The van der Waals surface area contributed by atoms with Crippen molar-refractivity contribution in [1.82, 2.24) is 25.1 Å². The van der Waals surface area contributed by atoms with Gasteiger partial charge in [0.05, 0.1) is 28.1 Å². The van der Waals surface area contributed by atoms with Crippen molar-refractivity contribution in [2.45, 2.75) is 38.4 Å². The van der Waals surface area contributed by atoms with Crippen LogP contribution in [0.5, 0.6) is 0 Å². The minimum absolute atomic E-state index is 0.145. The first kappa shape index (κ1) is 27.8. The Morgan fingerprint density at radius 2 is 1.79 bits per heavy atom. The molecule has 2 heterocycles. The molecular weight excluding hydrogens is 540 g/mol. The van der Waals surface area contributed by atoms with Gasteiger partial charge >= 0.3 is 0 Å². The van der Waals surface area contributed by atoms with Crippen LogP contribution < -0.4 is 10.6 Å². The number of hydrogen-bond acceptors (Lipinski definition) is 7. The lowest BCUT2D eigenvalue weighted by atomic mass is 10.0. The van der Waals surface area contributed by atoms with Crippen molar-refractivity contribution in [2.75, 3.05) is 11.1 Å². The number of amides is 2. The number of thiazole rings is 1. The number of carbonyl (C=O) groups excluding carboxylic acids is 2. The third-order valence-electron chi connectivity index (χ3n) is 5.73. The number of benzene rings is 2. The standard InChI is InChI=1S/C27H29ClN6O2S2/c1-16(2)14-21(29-25(36)19-12-8-9-13-20(19)28)24-32-33-27(34(24)4)37-15-22(35)30-26-31-23(17(3)38-26)18-10-6-5-7-11-18/h5-13,16,21H,14-15H2,1-4H3,(H,29,36)(H,30,31,35)/t21-/m1/s1. The highest BCUT2D eigenvalue weighted by Crippen LogP contribution is 2.30. The maximum absolute atomic E-state index is 12.9. The monoisotopic (exact) mass is 568 g/mol. The van der Waals surface area contributed by atoms with Gasteiger partial charge in [-0.2, -0.15) is 0 Å². The molecule has 198 valence electrons. The van der Waals surface area contributed by atoms with Crippen molar-refractivity contribution in [2.24, 2.45) is 13.0 Å². The lowest BCUT2D eigenvalue weighted by Gasteiger charge is -2.20. The van der Waals surface area contributed by atoms with Crippen LogP contribution in [0.15, 0.2) is 59.8 Å². The van der Waals surface area contributed by atoms with Crippen molar-refractivity contribution in [3.63, 3.8) is 0 Å². The number of halogens is 1. The molecule has 2 N–H and O–H groups in total. The number of nitrogens with one attached hydrogen (secondary N) is 2. The Balaban J connectivity index is 1.41. The molecule has 2 amide bonds. The first-order chi connectivity index (χ1) is 18.2. The largest absolute Gasteiger partial charge is 0.342 e. The Bertz CT molecular complexity index is 1420. The summed E-state index contributed by atoms with van der Waals surface area (Å²) in [5, 5.41) is 16.1. The molecule has 0 aliphatic carbocycles. The summed E-state index contributed by atoms with van der Waals surface area (Å²) in [6, 6.07) is 16.4. The Morgan fingerprint density at radius 3 is 2.50 bits per heavy atom. The average Bonchev–Trinajstić information content (AvgIpc) is 3.44. The quantitative estimate of drug-likeness (QED) is 0.223. The van der Waals surface area contributed by atoms with Gasteiger partial charge < -0.3 is 15.2 Å². The molecule has 0 fully saturated rings. The second-order valence-corrected chi connectivity index (χ2v) is 11.7. The number of nitrogens with zero attached hydrogens (tertiary/aromatic N) is 4. The lowest BCUT2D eigenvalue weighted by molar-refractivity contribution is -0.113. The summed E-state index contributed by atoms with van der Waals surface area (Å²) in [6.45, 7) is 6.15. The van der Waals surface area contributed by atoms with E-state index >= 15 is 0 Å². The summed E-state index contributed by atoms with van der Waals surface area (Å²) >= 11 is 8.94. The SMILES string of the molecule is Cc1sc(NC(=O)CSc2nnc([C@@H](CC(C)C)NC(=O)c3ccccc3Cl)n2C)nc1-c1ccccc1. The van der Waals surface area contributed by atoms with Crippen LogP contribution >= 0.6 is 34.7 Å². The molecule has 0 aliphatic rings. The van der Waals surface area contributed by atoms with Gasteiger partial charge in [-0.25, -0.2) is 4.98 Å². The van der Waals surface area contributed by atoms with E-state index in [1.807, 2.05) is 48.9 Å². The lowest BCUT2D eigenvalue weighted by Crippen LogP contribution is -2.31. The highest BCUT2D eigenvalue weighted by molar-refractivity contribution is 7.99. The molecule has 0 bridgehead atoms. The zero-order valence-corrected chi connectivity index (χ0v) is 24.0. The minimum atomic E-state index is -0.367. The number of aromatic nitrogens is 4. The van der Waals surface area contributed by atoms with Crippen molar-refractivity contribution in [1.29, 1.82) is 0 Å². The molecule has 0 saturated carbocycles. The van der Waals surface area contributed by atoms with Crippen molar-refractivity contribution >= 4 is 51.6 Å². The van der Waals surface area contributed by atoms with E-state index in [0.717, 1.165) is 16.1 Å². The number of thioether (sulfide) groups is 1. The molecule has 0 saturated heterocycles. The van der Waals surface area contributed by atoms with E-state index in [1.54, 1.807) is 24.3 Å². The molecule has 4 aromatic rings. The van der Waals surface area contributed by atoms with E-state index in [9.17, 15) is 9.59 Å². The fraction of sp³-hybridized carbons (Fsp3) is 0.296. The zero-order valence-electron chi connectivity index (χ0n) is 21.6. The van der Waals surface area contributed by atoms with Crippen LogP contribution in [-0.4, -0.2) is 37.3 Å². The summed E-state index contributed by atoms with van der Waals surface area (Å²) in [7, 11) is 1.83. The topological polar surface area (TPSA) is 102 Å². The van der Waals surface area contributed by atoms with E-state index in [0.29, 0.717) is 39.0 Å². The van der Waals surface area contributed by atoms with Gasteiger partial charge in [0.25, 0.3) is 5.91 Å². The molecule has 8 nitrogen and oxygen atoms in total. The van der Waals surface area contributed by atoms with Gasteiger partial charge in [-0.3, -0.25) is 9.59 Å². The van der Waals surface area contributed by atoms with Gasteiger partial charge in [0.15, 0.2) is 16.1 Å². The second-order valence-electron chi connectivity index (χ2n) is 9.16. The van der Waals surface area contributed by atoms with Gasteiger partial charge in [0, 0.05) is 17.5 Å². The molecule has 11 heteroatoms. The molecule has 2 aromatic carbocycles. The van der Waals surface area contributed by atoms with Crippen LogP contribution in [0.1, 0.15) is 47.4 Å². The molecule has 0 spiro atoms. The molecule has 4 rings (SSSR count). The summed E-state index contributed by atoms with van der Waals surface area (Å²) in [5.74, 6) is 0.606. The molecule has 1 atom stereocenters. The van der Waals surface area contributed by atoms with Gasteiger partial charge in [0.2, 0.25) is 5.91 Å². The average molecular weight is 569 g/mol. The van der Waals surface area contributed by atoms with Gasteiger partial charge in [-0.1, -0.05) is 79.7 Å². The Labute approximate surface area is 235 Å². The van der Waals surface area contributed by atoms with Crippen LogP contribution in [0.3, 0.4) is 0 Å². The third-order valence-corrected chi connectivity index (χ3v) is 7.97. The maximum atomic E-state index is 12.9. The normalized spacial score (nSPS) is 11.9. The predicted molar refractivity (Wildman–Crippen MR) is 154 cm³/mol. The van der Waals surface area contributed by atoms with Crippen molar-refractivity contribution < 1.29 is 9.59 Å². The molecule has 0 aliphatic heterocycles. The number of hydrogen-bond donors (Lipinski definition) is 2. The number of carbonyl (C=O) groups is 2. The zero-order chi connectivity index (χ0) is 27.2. The summed E-state index contributed by atoms with van der Waals surface area (Å²) in [6.07, 6.45) is 0.667. The Kier molecular flexibility index (Phi) is 9.19. The minimum Gasteiger partial charge on any atom is -0.342 e. The smallest absolute Gasteiger partial charge is 0.253 e. The van der Waals surface area contributed by atoms with E-state index in [4.69, 9.17) is 11.6 Å². The highest BCUT2D eigenvalue weighted by Gasteiger charge is 2.24. The Morgan fingerprint density at radius 1 is 1.08 bits per heavy atom. The fourth-order valence-electron chi connectivity index (χ4n) is 3.94. The van der Waals surface area contributed by atoms with Crippen molar-refractivity contribution in [3.8, 4) is 11.3 Å². The van der Waals surface area contributed by atoms with Crippen molar-refractivity contribution in [3.05, 3.63) is 75.9 Å². The number of rotatable bonds is 10. The fourth-order valence-corrected chi connectivity index (χ4v) is 5.73. The van der Waals surface area contributed by atoms with Crippen LogP contribution in [0, 0.1) is 12.8 Å². The predicted octanol–water partition coefficient (Wildman–Crippen LogP) is 6.15. The number of aryl methyl sites for hydroxylation is 1. The number of anilines is 1. The van der Waals surface area contributed by atoms with E-state index in [1.165, 1.54) is 23.1 Å². The molecule has 38 heavy (non-hydrogen) atoms. The van der Waals surface area contributed by atoms with Gasteiger partial charge in [0.1, 0.15) is 0 Å². The summed E-state index contributed by atoms with van der Waals surface area (Å²) in [4.78, 5) is 31.3. The molecule has 0 unspecified atom stereocenters. The molecular formula is C27H29ClN6O2S2. The Hall–Kier alpha value is -3.21. The summed E-state index contributed by atoms with van der Waals surface area (Å²) < 4.78 is 1.82. The highest BCUT2D eigenvalue weighted by atomic mass is 35.5. The second kappa shape index (κ2) is 12.6. The van der Waals surface area contributed by atoms with Crippen LogP contribution in [-0.2, 0) is 11.8 Å². The van der Waals surface area contributed by atoms with Crippen LogP contribution in [0.25, 0.3) is 11.3 Å². The van der Waals surface area contributed by atoms with Crippen LogP contribution in [0.4, 0.5) is 5.13 Å². The van der Waals surface area contributed by atoms with Crippen LogP contribution in [0.2, 0.25) is 5.02 Å². The third kappa shape index (κ3) is 6.80. The van der Waals surface area contributed by atoms with E-state index < -0.39 is 0 Å².